The molecule has 2 amide bonds. The smallest absolute Gasteiger partial charge is 0.261 e. The van der Waals surface area contributed by atoms with Crippen molar-refractivity contribution in [3.05, 3.63) is 45.9 Å². The summed E-state index contributed by atoms with van der Waals surface area (Å²) in [7, 11) is 0. The molecule has 2 aliphatic heterocycles. The fraction of sp³-hybridized carbons (Fsp3) is 0.300. The number of imidazole rings is 1. The molecule has 9 nitrogen and oxygen atoms in total. The lowest BCUT2D eigenvalue weighted by atomic mass is 10.1. The summed E-state index contributed by atoms with van der Waals surface area (Å²) in [4.78, 5) is 51.4. The maximum atomic E-state index is 12.8. The molecule has 1 saturated heterocycles. The number of likely N-dealkylation sites (tertiary alicyclic amines) is 1. The van der Waals surface area contributed by atoms with Gasteiger partial charge in [0.05, 0.1) is 22.2 Å². The Morgan fingerprint density at radius 3 is 2.48 bits per heavy atom. The molecule has 0 radical (unpaired) electrons. The van der Waals surface area contributed by atoms with Crippen LogP contribution in [0.4, 0.5) is 5.69 Å². The molecule has 29 heavy (non-hydrogen) atoms. The van der Waals surface area contributed by atoms with E-state index >= 15 is 0 Å². The highest BCUT2D eigenvalue weighted by Crippen LogP contribution is 2.29. The second kappa shape index (κ2) is 6.56. The summed E-state index contributed by atoms with van der Waals surface area (Å²) in [5.74, 6) is -0.291. The highest BCUT2D eigenvalue weighted by molar-refractivity contribution is 6.22. The van der Waals surface area contributed by atoms with Crippen LogP contribution in [0.25, 0.3) is 22.4 Å². The van der Waals surface area contributed by atoms with Crippen LogP contribution in [-0.2, 0) is 0 Å². The van der Waals surface area contributed by atoms with Crippen molar-refractivity contribution in [2.24, 2.45) is 0 Å². The third kappa shape index (κ3) is 2.82. The van der Waals surface area contributed by atoms with Crippen LogP contribution in [0.2, 0.25) is 0 Å². The van der Waals surface area contributed by atoms with E-state index in [0.717, 1.165) is 25.9 Å². The van der Waals surface area contributed by atoms with Crippen molar-refractivity contribution < 1.29 is 9.59 Å². The van der Waals surface area contributed by atoms with Crippen LogP contribution in [0.3, 0.4) is 0 Å². The first kappa shape index (κ1) is 17.6. The van der Waals surface area contributed by atoms with Gasteiger partial charge in [-0.3, -0.25) is 19.3 Å². The third-order valence-electron chi connectivity index (χ3n) is 5.64. The lowest BCUT2D eigenvalue weighted by molar-refractivity contribution is 0.0640. The minimum absolute atomic E-state index is 0.230. The van der Waals surface area contributed by atoms with Gasteiger partial charge < -0.3 is 20.6 Å². The molecule has 1 fully saturated rings. The molecule has 148 valence electrons. The van der Waals surface area contributed by atoms with Gasteiger partial charge in [0.1, 0.15) is 11.4 Å². The second-order valence-corrected chi connectivity index (χ2v) is 7.45. The van der Waals surface area contributed by atoms with E-state index in [1.54, 1.807) is 18.2 Å². The molecule has 0 bridgehead atoms. The third-order valence-corrected chi connectivity index (χ3v) is 5.64. The number of rotatable bonds is 4. The van der Waals surface area contributed by atoms with Gasteiger partial charge in [0.2, 0.25) is 0 Å². The molecular weight excluding hydrogens is 372 g/mol. The molecule has 0 atom stereocenters. The standard InChI is InChI=1S/C20H20N6O3/c21-13-3-4-22-18(27)16(13)17-23-14-9-11-12(10-15(14)24-17)20(29)26(19(11)28)8-7-25-5-1-2-6-25/h3-4,9-10H,1-2,5-8H2,(H,23,24)(H3,21,22,27). The molecule has 0 spiro atoms. The summed E-state index contributed by atoms with van der Waals surface area (Å²) in [6.07, 6.45) is 3.79. The highest BCUT2D eigenvalue weighted by Gasteiger charge is 2.36. The molecule has 4 N–H and O–H groups in total. The van der Waals surface area contributed by atoms with Crippen LogP contribution in [0.1, 0.15) is 33.6 Å². The first-order chi connectivity index (χ1) is 14.0. The maximum absolute atomic E-state index is 12.8. The first-order valence-electron chi connectivity index (χ1n) is 9.63. The molecule has 4 heterocycles. The average molecular weight is 392 g/mol. The van der Waals surface area contributed by atoms with Gasteiger partial charge in [-0.05, 0) is 44.1 Å². The number of hydrogen-bond donors (Lipinski definition) is 3. The van der Waals surface area contributed by atoms with E-state index in [-0.39, 0.29) is 22.9 Å². The predicted molar refractivity (Wildman–Crippen MR) is 108 cm³/mol. The van der Waals surface area contributed by atoms with Gasteiger partial charge in [-0.2, -0.15) is 0 Å². The summed E-state index contributed by atoms with van der Waals surface area (Å²) in [5.41, 5.74) is 7.86. The number of nitrogen functional groups attached to an aromatic ring is 1. The number of pyridine rings is 1. The molecule has 0 saturated carbocycles. The van der Waals surface area contributed by atoms with E-state index in [0.29, 0.717) is 46.8 Å². The Bertz CT molecular complexity index is 1150. The molecule has 5 rings (SSSR count). The number of imide groups is 1. The predicted octanol–water partition coefficient (Wildman–Crippen LogP) is 1.19. The number of amides is 2. The van der Waals surface area contributed by atoms with Gasteiger partial charge in [0.15, 0.2) is 0 Å². The van der Waals surface area contributed by atoms with Crippen LogP contribution in [-0.4, -0.2) is 62.7 Å². The topological polar surface area (TPSA) is 128 Å². The molecule has 9 heteroatoms. The number of carbonyl (C=O) groups excluding carboxylic acids is 2. The number of anilines is 1. The minimum atomic E-state index is -0.364. The zero-order valence-corrected chi connectivity index (χ0v) is 15.7. The monoisotopic (exact) mass is 392 g/mol. The fourth-order valence-electron chi connectivity index (χ4n) is 4.10. The van der Waals surface area contributed by atoms with Crippen molar-refractivity contribution in [3.63, 3.8) is 0 Å². The number of benzene rings is 1. The number of nitrogens with two attached hydrogens (primary N) is 1. The van der Waals surface area contributed by atoms with Gasteiger partial charge in [0, 0.05) is 25.0 Å². The van der Waals surface area contributed by atoms with Gasteiger partial charge in [-0.15, -0.1) is 0 Å². The van der Waals surface area contributed by atoms with Crippen LogP contribution in [0.5, 0.6) is 0 Å². The number of aromatic amines is 2. The first-order valence-corrected chi connectivity index (χ1v) is 9.63. The van der Waals surface area contributed by atoms with E-state index in [2.05, 4.69) is 19.9 Å². The van der Waals surface area contributed by atoms with E-state index in [4.69, 9.17) is 5.73 Å². The summed E-state index contributed by atoms with van der Waals surface area (Å²) in [6, 6.07) is 4.81. The van der Waals surface area contributed by atoms with Crippen molar-refractivity contribution in [2.45, 2.75) is 12.8 Å². The molecule has 2 aliphatic rings. The van der Waals surface area contributed by atoms with E-state index < -0.39 is 0 Å². The van der Waals surface area contributed by atoms with E-state index in [9.17, 15) is 14.4 Å². The summed E-state index contributed by atoms with van der Waals surface area (Å²) < 4.78 is 0. The number of nitrogens with zero attached hydrogens (tertiary/aromatic N) is 3. The van der Waals surface area contributed by atoms with Crippen molar-refractivity contribution in [3.8, 4) is 11.4 Å². The Morgan fingerprint density at radius 2 is 1.76 bits per heavy atom. The molecule has 2 aromatic heterocycles. The van der Waals surface area contributed by atoms with Gasteiger partial charge in [-0.1, -0.05) is 0 Å². The summed E-state index contributed by atoms with van der Waals surface area (Å²) in [5, 5.41) is 0. The Morgan fingerprint density at radius 1 is 1.03 bits per heavy atom. The lowest BCUT2D eigenvalue weighted by Gasteiger charge is -2.19. The average Bonchev–Trinajstić information content (AvgIpc) is 3.39. The second-order valence-electron chi connectivity index (χ2n) is 7.45. The van der Waals surface area contributed by atoms with E-state index in [1.807, 2.05) is 0 Å². The Labute approximate surface area is 165 Å². The Hall–Kier alpha value is -3.46. The largest absolute Gasteiger partial charge is 0.398 e. The van der Waals surface area contributed by atoms with Crippen molar-refractivity contribution in [1.82, 2.24) is 24.8 Å². The summed E-state index contributed by atoms with van der Waals surface area (Å²) in [6.45, 7) is 3.11. The van der Waals surface area contributed by atoms with Gasteiger partial charge in [-0.25, -0.2) is 4.98 Å². The van der Waals surface area contributed by atoms with Crippen molar-refractivity contribution in [2.75, 3.05) is 31.9 Å². The van der Waals surface area contributed by atoms with Gasteiger partial charge >= 0.3 is 0 Å². The van der Waals surface area contributed by atoms with Crippen LogP contribution in [0.15, 0.2) is 29.2 Å². The number of fused-ring (bicyclic) bond motifs is 2. The number of hydrogen-bond acceptors (Lipinski definition) is 6. The lowest BCUT2D eigenvalue weighted by Crippen LogP contribution is -2.37. The zero-order valence-electron chi connectivity index (χ0n) is 15.7. The van der Waals surface area contributed by atoms with Gasteiger partial charge in [0.25, 0.3) is 17.4 Å². The van der Waals surface area contributed by atoms with Crippen molar-refractivity contribution >= 4 is 28.5 Å². The fourth-order valence-corrected chi connectivity index (χ4v) is 4.10. The van der Waals surface area contributed by atoms with E-state index in [1.165, 1.54) is 11.1 Å². The minimum Gasteiger partial charge on any atom is -0.398 e. The maximum Gasteiger partial charge on any atom is 0.261 e. The number of aromatic nitrogens is 3. The summed E-state index contributed by atoms with van der Waals surface area (Å²) >= 11 is 0. The number of carbonyl (C=O) groups is 2. The SMILES string of the molecule is Nc1cc[nH]c(=O)c1-c1nc2cc3c(cc2[nH]1)C(=O)N(CCN1CCCC1)C3=O. The Balaban J connectivity index is 1.48. The molecule has 0 unspecified atom stereocenters. The molecular formula is C20H20N6O3. The van der Waals surface area contributed by atoms with Crippen LogP contribution >= 0.6 is 0 Å². The van der Waals surface area contributed by atoms with Crippen LogP contribution < -0.4 is 11.3 Å². The molecule has 1 aromatic carbocycles. The van der Waals surface area contributed by atoms with Crippen molar-refractivity contribution in [1.29, 1.82) is 0 Å². The molecule has 0 aliphatic carbocycles. The highest BCUT2D eigenvalue weighted by atomic mass is 16.2. The zero-order chi connectivity index (χ0) is 20.1. The normalized spacial score (nSPS) is 16.9. The van der Waals surface area contributed by atoms with Crippen LogP contribution in [0, 0.1) is 0 Å². The number of H-pyrrole nitrogens is 2. The quantitative estimate of drug-likeness (QED) is 0.572. The molecule has 3 aromatic rings. The Kier molecular flexibility index (Phi) is 3.99. The number of nitrogens with one attached hydrogen (secondary N) is 2.